The summed E-state index contributed by atoms with van der Waals surface area (Å²) >= 11 is 0. The van der Waals surface area contributed by atoms with E-state index in [1.54, 1.807) is 0 Å². The van der Waals surface area contributed by atoms with Gasteiger partial charge in [0.15, 0.2) is 6.10 Å². The molecule has 7 nitrogen and oxygen atoms in total. The molecule has 7 heteroatoms. The fourth-order valence-electron chi connectivity index (χ4n) is 2.06. The summed E-state index contributed by atoms with van der Waals surface area (Å²) < 4.78 is 10.6. The van der Waals surface area contributed by atoms with E-state index in [0.29, 0.717) is 6.61 Å². The van der Waals surface area contributed by atoms with Crippen molar-refractivity contribution in [3.63, 3.8) is 0 Å². The number of nitrogens with one attached hydrogen (secondary N) is 1. The van der Waals surface area contributed by atoms with Gasteiger partial charge in [-0.1, -0.05) is 0 Å². The van der Waals surface area contributed by atoms with Crippen molar-refractivity contribution in [2.24, 2.45) is 0 Å². The quantitative estimate of drug-likeness (QED) is 0.332. The summed E-state index contributed by atoms with van der Waals surface area (Å²) in [4.78, 5) is 0. The van der Waals surface area contributed by atoms with E-state index in [4.69, 9.17) is 14.6 Å². The highest BCUT2D eigenvalue weighted by molar-refractivity contribution is 4.98. The smallest absolute Gasteiger partial charge is 0.258 e. The van der Waals surface area contributed by atoms with Gasteiger partial charge in [0.2, 0.25) is 0 Å². The molecule has 2 fully saturated rings. The molecule has 0 aromatic rings. The zero-order valence-corrected chi connectivity index (χ0v) is 8.91. The van der Waals surface area contributed by atoms with Crippen LogP contribution in [0.2, 0.25) is 0 Å². The number of aliphatic hydroxyl groups is 4. The molecule has 0 saturated carbocycles. The molecule has 0 aromatic carbocycles. The summed E-state index contributed by atoms with van der Waals surface area (Å²) in [6.45, 7) is 1.68. The van der Waals surface area contributed by atoms with Crippen molar-refractivity contribution in [2.75, 3.05) is 13.2 Å². The minimum Gasteiger partial charge on any atom is -0.394 e. The highest BCUT2D eigenvalue weighted by Gasteiger charge is 2.57. The van der Waals surface area contributed by atoms with E-state index >= 15 is 0 Å². The Bertz CT molecular complexity index is 262. The SMILES string of the molecule is CC1CO[C@@]2(N1)OC(CO)[C@@H](O)C(O)C2O. The first-order chi connectivity index (χ1) is 7.50. The van der Waals surface area contributed by atoms with Crippen LogP contribution in [0.4, 0.5) is 0 Å². The lowest BCUT2D eigenvalue weighted by Gasteiger charge is -2.45. The average molecular weight is 235 g/mol. The molecule has 0 amide bonds. The molecule has 4 unspecified atom stereocenters. The van der Waals surface area contributed by atoms with E-state index < -0.39 is 36.9 Å². The molecular formula is C9H17NO6. The Morgan fingerprint density at radius 1 is 1.31 bits per heavy atom. The largest absolute Gasteiger partial charge is 0.394 e. The standard InChI is InChI=1S/C9H17NO6/c1-4-3-15-9(10-4)8(14)7(13)6(12)5(2-11)16-9/h4-8,10-14H,2-3H2,1H3/t4?,5?,6-,7?,8?,9-/m1/s1. The highest BCUT2D eigenvalue weighted by atomic mass is 16.7. The third kappa shape index (κ3) is 1.74. The Morgan fingerprint density at radius 3 is 2.50 bits per heavy atom. The molecule has 94 valence electrons. The Balaban J connectivity index is 2.20. The van der Waals surface area contributed by atoms with Crippen molar-refractivity contribution in [1.29, 1.82) is 0 Å². The molecule has 5 N–H and O–H groups in total. The van der Waals surface area contributed by atoms with Gasteiger partial charge in [0.1, 0.15) is 18.3 Å². The van der Waals surface area contributed by atoms with E-state index in [2.05, 4.69) is 5.32 Å². The number of ether oxygens (including phenoxy) is 2. The Hall–Kier alpha value is -0.280. The first kappa shape index (κ1) is 12.2. The first-order valence-corrected chi connectivity index (χ1v) is 5.24. The number of rotatable bonds is 1. The van der Waals surface area contributed by atoms with Crippen LogP contribution in [-0.2, 0) is 9.47 Å². The number of hydrogen-bond donors (Lipinski definition) is 5. The number of hydrogen-bond acceptors (Lipinski definition) is 7. The van der Waals surface area contributed by atoms with Gasteiger partial charge in [-0.05, 0) is 6.92 Å². The van der Waals surface area contributed by atoms with Gasteiger partial charge in [-0.15, -0.1) is 0 Å². The molecule has 16 heavy (non-hydrogen) atoms. The lowest BCUT2D eigenvalue weighted by Crippen LogP contribution is -2.69. The predicted octanol–water partition coefficient (Wildman–Crippen LogP) is -2.88. The minimum atomic E-state index is -1.54. The zero-order valence-electron chi connectivity index (χ0n) is 8.91. The van der Waals surface area contributed by atoms with Crippen molar-refractivity contribution in [2.45, 2.75) is 43.3 Å². The van der Waals surface area contributed by atoms with Gasteiger partial charge < -0.3 is 29.9 Å². The molecule has 0 bridgehead atoms. The molecule has 2 aliphatic rings. The molecule has 2 saturated heterocycles. The van der Waals surface area contributed by atoms with Gasteiger partial charge in [-0.2, -0.15) is 0 Å². The van der Waals surface area contributed by atoms with Crippen LogP contribution in [0.25, 0.3) is 0 Å². The lowest BCUT2D eigenvalue weighted by molar-refractivity contribution is -0.358. The Kier molecular flexibility index (Phi) is 3.19. The van der Waals surface area contributed by atoms with Crippen LogP contribution in [0.15, 0.2) is 0 Å². The second-order valence-electron chi connectivity index (χ2n) is 4.29. The third-order valence-corrected chi connectivity index (χ3v) is 2.95. The van der Waals surface area contributed by atoms with Gasteiger partial charge >= 0.3 is 0 Å². The molecule has 2 aliphatic heterocycles. The van der Waals surface area contributed by atoms with Crippen LogP contribution in [0.5, 0.6) is 0 Å². The van der Waals surface area contributed by atoms with E-state index in [0.717, 1.165) is 0 Å². The van der Waals surface area contributed by atoms with Crippen LogP contribution in [0.1, 0.15) is 6.92 Å². The van der Waals surface area contributed by atoms with Crippen molar-refractivity contribution in [3.05, 3.63) is 0 Å². The maximum atomic E-state index is 9.83. The second kappa shape index (κ2) is 4.19. The monoisotopic (exact) mass is 235 g/mol. The maximum absolute atomic E-state index is 9.83. The summed E-state index contributed by atoms with van der Waals surface area (Å²) in [6, 6.07) is -0.0450. The molecule has 0 radical (unpaired) electrons. The first-order valence-electron chi connectivity index (χ1n) is 5.24. The molecule has 6 atom stereocenters. The molecular weight excluding hydrogens is 218 g/mol. The minimum absolute atomic E-state index is 0.0450. The molecule has 2 heterocycles. The highest BCUT2D eigenvalue weighted by Crippen LogP contribution is 2.32. The van der Waals surface area contributed by atoms with Gasteiger partial charge in [0, 0.05) is 6.04 Å². The van der Waals surface area contributed by atoms with Crippen LogP contribution in [0.3, 0.4) is 0 Å². The van der Waals surface area contributed by atoms with E-state index in [9.17, 15) is 15.3 Å². The van der Waals surface area contributed by atoms with Crippen LogP contribution < -0.4 is 5.32 Å². The third-order valence-electron chi connectivity index (χ3n) is 2.95. The number of aliphatic hydroxyl groups excluding tert-OH is 4. The molecule has 1 spiro atoms. The zero-order chi connectivity index (χ0) is 11.9. The fraction of sp³-hybridized carbons (Fsp3) is 1.00. The fourth-order valence-corrected chi connectivity index (χ4v) is 2.06. The second-order valence-corrected chi connectivity index (χ2v) is 4.29. The van der Waals surface area contributed by atoms with Crippen molar-refractivity contribution in [3.8, 4) is 0 Å². The van der Waals surface area contributed by atoms with E-state index in [1.807, 2.05) is 6.92 Å². The van der Waals surface area contributed by atoms with Crippen molar-refractivity contribution >= 4 is 0 Å². The lowest BCUT2D eigenvalue weighted by atomic mass is 9.96. The van der Waals surface area contributed by atoms with E-state index in [1.165, 1.54) is 0 Å². The van der Waals surface area contributed by atoms with Crippen molar-refractivity contribution < 1.29 is 29.9 Å². The van der Waals surface area contributed by atoms with Crippen LogP contribution in [0, 0.1) is 0 Å². The maximum Gasteiger partial charge on any atom is 0.258 e. The summed E-state index contributed by atoms with van der Waals surface area (Å²) in [5.41, 5.74) is 0. The summed E-state index contributed by atoms with van der Waals surface area (Å²) in [6.07, 6.45) is -5.16. The van der Waals surface area contributed by atoms with Gasteiger partial charge in [0.05, 0.1) is 13.2 Å². The van der Waals surface area contributed by atoms with Gasteiger partial charge in [0.25, 0.3) is 5.91 Å². The predicted molar refractivity (Wildman–Crippen MR) is 51.3 cm³/mol. The Labute approximate surface area is 92.6 Å². The van der Waals surface area contributed by atoms with Gasteiger partial charge in [-0.25, -0.2) is 0 Å². The molecule has 2 rings (SSSR count). The summed E-state index contributed by atoms with van der Waals surface area (Å²) in [5.74, 6) is -1.54. The normalized spacial score (nSPS) is 53.4. The Morgan fingerprint density at radius 2 is 2.00 bits per heavy atom. The van der Waals surface area contributed by atoms with Crippen LogP contribution >= 0.6 is 0 Å². The van der Waals surface area contributed by atoms with Gasteiger partial charge in [-0.3, -0.25) is 5.32 Å². The molecule has 0 aliphatic carbocycles. The van der Waals surface area contributed by atoms with Crippen LogP contribution in [-0.4, -0.2) is 70.0 Å². The average Bonchev–Trinajstić information content (AvgIpc) is 2.64. The summed E-state index contributed by atoms with van der Waals surface area (Å²) in [7, 11) is 0. The summed E-state index contributed by atoms with van der Waals surface area (Å²) in [5, 5.41) is 40.9. The van der Waals surface area contributed by atoms with E-state index in [-0.39, 0.29) is 6.04 Å². The molecule has 0 aromatic heterocycles. The van der Waals surface area contributed by atoms with Crippen molar-refractivity contribution in [1.82, 2.24) is 5.32 Å². The topological polar surface area (TPSA) is 111 Å².